The Hall–Kier alpha value is -9.18. The molecule has 0 bridgehead atoms. The fourth-order valence-corrected chi connectivity index (χ4v) is 12.4. The molecule has 3 nitrogen and oxygen atoms in total. The van der Waals surface area contributed by atoms with Crippen molar-refractivity contribution in [2.45, 2.75) is 5.41 Å². The highest BCUT2D eigenvalue weighted by Crippen LogP contribution is 2.63. The number of anilines is 3. The molecule has 3 heterocycles. The molecule has 13 aromatic rings. The Labute approximate surface area is 405 Å². The van der Waals surface area contributed by atoms with E-state index in [-0.39, 0.29) is 0 Å². The molecule has 1 unspecified atom stereocenters. The van der Waals surface area contributed by atoms with Gasteiger partial charge in [-0.3, -0.25) is 0 Å². The van der Waals surface area contributed by atoms with Crippen LogP contribution in [0.25, 0.3) is 93.9 Å². The van der Waals surface area contributed by atoms with Crippen LogP contribution in [-0.2, 0) is 5.41 Å². The predicted molar refractivity (Wildman–Crippen MR) is 290 cm³/mol. The highest BCUT2D eigenvalue weighted by Gasteiger charge is 2.51. The first-order chi connectivity index (χ1) is 34.8. The Bertz CT molecular complexity index is 4240. The average molecular weight is 891 g/mol. The van der Waals surface area contributed by atoms with Crippen molar-refractivity contribution in [2.24, 2.45) is 0 Å². The van der Waals surface area contributed by atoms with Crippen molar-refractivity contribution in [3.8, 4) is 50.2 Å². The van der Waals surface area contributed by atoms with E-state index in [1.165, 1.54) is 72.0 Å². The number of nitrogens with zero attached hydrogens (tertiary/aromatic N) is 2. The van der Waals surface area contributed by atoms with E-state index in [4.69, 9.17) is 4.42 Å². The minimum atomic E-state index is -0.587. The first kappa shape index (κ1) is 38.9. The first-order valence-electron chi connectivity index (χ1n) is 24.2. The van der Waals surface area contributed by atoms with Crippen LogP contribution in [0.4, 0.5) is 17.1 Å². The molecule has 11 aromatic carbocycles. The fourth-order valence-electron chi connectivity index (χ4n) is 12.4. The lowest BCUT2D eigenvalue weighted by molar-refractivity contribution is 0.669. The summed E-state index contributed by atoms with van der Waals surface area (Å²) in [6.45, 7) is 0. The predicted octanol–water partition coefficient (Wildman–Crippen LogP) is 17.8. The lowest BCUT2D eigenvalue weighted by atomic mass is 9.65. The zero-order valence-corrected chi connectivity index (χ0v) is 38.1. The molecular formula is C67H42N2O. The molecule has 326 valence electrons. The smallest absolute Gasteiger partial charge is 0.136 e. The van der Waals surface area contributed by atoms with Gasteiger partial charge in [-0.15, -0.1) is 0 Å². The summed E-state index contributed by atoms with van der Waals surface area (Å²) in [6, 6.07) is 93.7. The Kier molecular flexibility index (Phi) is 8.28. The van der Waals surface area contributed by atoms with Gasteiger partial charge in [0, 0.05) is 38.4 Å². The summed E-state index contributed by atoms with van der Waals surface area (Å²) in [6.07, 6.45) is 0. The molecule has 2 aromatic heterocycles. The lowest BCUT2D eigenvalue weighted by Gasteiger charge is -2.39. The fraction of sp³-hybridized carbons (Fsp3) is 0.0149. The minimum absolute atomic E-state index is 0.587. The molecule has 0 N–H and O–H groups in total. The van der Waals surface area contributed by atoms with Gasteiger partial charge in [0.1, 0.15) is 11.2 Å². The molecule has 0 saturated heterocycles. The van der Waals surface area contributed by atoms with E-state index >= 15 is 0 Å². The summed E-state index contributed by atoms with van der Waals surface area (Å²) in [7, 11) is 0. The summed E-state index contributed by atoms with van der Waals surface area (Å²) < 4.78 is 8.88. The zero-order chi connectivity index (χ0) is 45.9. The second-order valence-electron chi connectivity index (χ2n) is 18.7. The number of hydrogen-bond donors (Lipinski definition) is 0. The third kappa shape index (κ3) is 5.34. The zero-order valence-electron chi connectivity index (χ0n) is 38.1. The van der Waals surface area contributed by atoms with E-state index in [2.05, 4.69) is 258 Å². The molecule has 1 spiro atoms. The van der Waals surface area contributed by atoms with Crippen molar-refractivity contribution in [3.63, 3.8) is 0 Å². The van der Waals surface area contributed by atoms with Crippen molar-refractivity contribution >= 4 is 60.8 Å². The van der Waals surface area contributed by atoms with Crippen LogP contribution in [0.1, 0.15) is 22.3 Å². The molecular weight excluding hydrogens is 849 g/mol. The van der Waals surface area contributed by atoms with Crippen LogP contribution in [0.2, 0.25) is 0 Å². The molecule has 0 radical (unpaired) electrons. The van der Waals surface area contributed by atoms with Gasteiger partial charge in [-0.05, 0) is 104 Å². The second kappa shape index (κ2) is 14.9. The molecule has 15 rings (SSSR count). The summed E-state index contributed by atoms with van der Waals surface area (Å²) in [5.41, 5.74) is 22.9. The van der Waals surface area contributed by atoms with Gasteiger partial charge in [0.15, 0.2) is 0 Å². The van der Waals surface area contributed by atoms with Crippen LogP contribution in [0, 0.1) is 0 Å². The monoisotopic (exact) mass is 890 g/mol. The van der Waals surface area contributed by atoms with Crippen LogP contribution >= 0.6 is 0 Å². The molecule has 0 saturated carbocycles. The molecule has 0 amide bonds. The van der Waals surface area contributed by atoms with Crippen molar-refractivity contribution in [1.29, 1.82) is 0 Å². The van der Waals surface area contributed by atoms with E-state index < -0.39 is 5.41 Å². The van der Waals surface area contributed by atoms with Crippen molar-refractivity contribution < 1.29 is 4.42 Å². The highest BCUT2D eigenvalue weighted by atomic mass is 16.3. The number of aromatic nitrogens is 1. The van der Waals surface area contributed by atoms with Gasteiger partial charge < -0.3 is 13.9 Å². The van der Waals surface area contributed by atoms with Gasteiger partial charge in [0.25, 0.3) is 0 Å². The van der Waals surface area contributed by atoms with Gasteiger partial charge >= 0.3 is 0 Å². The van der Waals surface area contributed by atoms with Crippen LogP contribution < -0.4 is 4.90 Å². The minimum Gasteiger partial charge on any atom is -0.456 e. The van der Waals surface area contributed by atoms with E-state index in [1.807, 2.05) is 6.07 Å². The normalized spacial score (nSPS) is 14.3. The topological polar surface area (TPSA) is 21.3 Å². The van der Waals surface area contributed by atoms with E-state index in [0.717, 1.165) is 61.3 Å². The number of rotatable bonds is 6. The van der Waals surface area contributed by atoms with Gasteiger partial charge in [-0.1, -0.05) is 206 Å². The van der Waals surface area contributed by atoms with E-state index in [9.17, 15) is 0 Å². The summed E-state index contributed by atoms with van der Waals surface area (Å²) in [5.74, 6) is 0. The van der Waals surface area contributed by atoms with Crippen molar-refractivity contribution in [2.75, 3.05) is 4.90 Å². The van der Waals surface area contributed by atoms with E-state index in [1.54, 1.807) is 0 Å². The second-order valence-corrected chi connectivity index (χ2v) is 18.7. The number of fused-ring (bicyclic) bond motifs is 15. The van der Waals surface area contributed by atoms with Crippen LogP contribution in [0.3, 0.4) is 0 Å². The van der Waals surface area contributed by atoms with Crippen molar-refractivity contribution in [3.05, 3.63) is 277 Å². The van der Waals surface area contributed by atoms with Gasteiger partial charge in [0.05, 0.1) is 33.5 Å². The third-order valence-corrected chi connectivity index (χ3v) is 15.2. The van der Waals surface area contributed by atoms with Crippen molar-refractivity contribution in [1.82, 2.24) is 4.57 Å². The average Bonchev–Trinajstić information content (AvgIpc) is 4.09. The molecule has 1 aliphatic carbocycles. The Morgan fingerprint density at radius 2 is 0.900 bits per heavy atom. The molecule has 3 heteroatoms. The van der Waals surface area contributed by atoms with Crippen LogP contribution in [0.5, 0.6) is 0 Å². The largest absolute Gasteiger partial charge is 0.456 e. The molecule has 70 heavy (non-hydrogen) atoms. The molecule has 1 aliphatic heterocycles. The number of benzene rings is 11. The molecule has 1 atom stereocenters. The van der Waals surface area contributed by atoms with Gasteiger partial charge in [-0.2, -0.15) is 0 Å². The third-order valence-electron chi connectivity index (χ3n) is 15.2. The highest BCUT2D eigenvalue weighted by molar-refractivity contribution is 6.14. The standard InChI is InChI=1S/C67H42N2O/c1-2-17-43(18-3-1)44-35-37-45(38-36-44)48-19-5-10-29-58(48)68(47-41-39-46(40-42-47)49-23-15-34-63-64(49)53-22-7-13-33-62(53)70-63)61-32-16-27-56-65(61)52-21-4-8-25-54(52)67(56)55-26-9-12-31-60(55)69-59-30-11-6-20-50(59)51-24-14-28-57(67)66(51)69/h1-42H. The summed E-state index contributed by atoms with van der Waals surface area (Å²) >= 11 is 0. The quantitative estimate of drug-likeness (QED) is 0.166. The van der Waals surface area contributed by atoms with Crippen LogP contribution in [0.15, 0.2) is 259 Å². The van der Waals surface area contributed by atoms with Crippen LogP contribution in [-0.4, -0.2) is 4.57 Å². The van der Waals surface area contributed by atoms with Gasteiger partial charge in [-0.25, -0.2) is 0 Å². The lowest BCUT2D eigenvalue weighted by Crippen LogP contribution is -2.33. The Morgan fingerprint density at radius 3 is 1.77 bits per heavy atom. The Morgan fingerprint density at radius 1 is 0.343 bits per heavy atom. The van der Waals surface area contributed by atoms with Gasteiger partial charge in [0.2, 0.25) is 0 Å². The maximum atomic E-state index is 6.36. The molecule has 2 aliphatic rings. The summed E-state index contributed by atoms with van der Waals surface area (Å²) in [4.78, 5) is 2.51. The maximum Gasteiger partial charge on any atom is 0.136 e. The summed E-state index contributed by atoms with van der Waals surface area (Å²) in [5, 5.41) is 4.80. The number of para-hydroxylation sites is 5. The van der Waals surface area contributed by atoms with E-state index in [0.29, 0.717) is 0 Å². The first-order valence-corrected chi connectivity index (χ1v) is 24.2. The number of furan rings is 1. The Balaban J connectivity index is 0.989. The maximum absolute atomic E-state index is 6.36. The SMILES string of the molecule is c1ccc(-c2ccc(-c3ccccc3N(c3ccc(-c4cccc5oc6ccccc6c45)cc3)c3cccc4c3-c3ccccc3C43c4ccccc4-n4c5ccccc5c5cccc3c54)cc2)cc1. The number of hydrogen-bond acceptors (Lipinski definition) is 2. The molecule has 0 fully saturated rings.